The molecule has 2 saturated heterocycles. The van der Waals surface area contributed by atoms with Crippen LogP contribution in [0.1, 0.15) is 56.1 Å². The zero-order chi connectivity index (χ0) is 14.8. The van der Waals surface area contributed by atoms with Crippen molar-refractivity contribution in [3.05, 3.63) is 11.6 Å². The molecule has 0 radical (unpaired) electrons. The highest BCUT2D eigenvalue weighted by atomic mass is 16.5. The lowest BCUT2D eigenvalue weighted by Crippen LogP contribution is -2.53. The fraction of sp³-hybridized carbons (Fsp3) is 0.875. The Bertz CT molecular complexity index is 486. The monoisotopic (exact) mass is 306 g/mol. The molecule has 3 fully saturated rings. The van der Waals surface area contributed by atoms with E-state index in [1.54, 1.807) is 0 Å². The number of morpholine rings is 1. The van der Waals surface area contributed by atoms with E-state index in [4.69, 9.17) is 14.5 Å². The normalized spacial score (nSPS) is 29.7. The van der Waals surface area contributed by atoms with Crippen molar-refractivity contribution in [3.63, 3.8) is 0 Å². The van der Waals surface area contributed by atoms with E-state index in [0.717, 1.165) is 57.6 Å². The average molecular weight is 306 g/mol. The quantitative estimate of drug-likeness (QED) is 0.922. The Balaban J connectivity index is 1.62. The van der Waals surface area contributed by atoms with E-state index < -0.39 is 0 Å². The Morgan fingerprint density at radius 2 is 1.86 bits per heavy atom. The Kier molecular flexibility index (Phi) is 4.15. The predicted molar refractivity (Wildman–Crippen MR) is 81.7 cm³/mol. The van der Waals surface area contributed by atoms with Crippen molar-refractivity contribution in [1.82, 2.24) is 20.1 Å². The number of rotatable bonds is 3. The van der Waals surface area contributed by atoms with Gasteiger partial charge in [-0.15, -0.1) is 0 Å². The van der Waals surface area contributed by atoms with Crippen molar-refractivity contribution in [1.29, 1.82) is 0 Å². The minimum atomic E-state index is 0.0240. The van der Waals surface area contributed by atoms with Gasteiger partial charge in [-0.1, -0.05) is 19.3 Å². The lowest BCUT2D eigenvalue weighted by atomic mass is 9.79. The maximum absolute atomic E-state index is 5.55. The maximum Gasteiger partial charge on any atom is 0.170 e. The van der Waals surface area contributed by atoms with Crippen LogP contribution in [0.15, 0.2) is 0 Å². The van der Waals surface area contributed by atoms with Crippen molar-refractivity contribution in [3.8, 4) is 0 Å². The van der Waals surface area contributed by atoms with Gasteiger partial charge in [0.05, 0.1) is 25.4 Å². The summed E-state index contributed by atoms with van der Waals surface area (Å²) in [5.41, 5.74) is 0.0240. The molecule has 0 amide bonds. The van der Waals surface area contributed by atoms with Gasteiger partial charge in [0.1, 0.15) is 5.82 Å². The molecular weight excluding hydrogens is 280 g/mol. The molecule has 122 valence electrons. The van der Waals surface area contributed by atoms with Crippen LogP contribution in [0.2, 0.25) is 0 Å². The molecule has 0 spiro atoms. The molecule has 6 nitrogen and oxygen atoms in total. The first kappa shape index (κ1) is 14.6. The van der Waals surface area contributed by atoms with E-state index in [1.165, 1.54) is 32.1 Å². The molecule has 1 aromatic heterocycles. The van der Waals surface area contributed by atoms with Gasteiger partial charge in [-0.05, 0) is 19.3 Å². The van der Waals surface area contributed by atoms with Crippen molar-refractivity contribution < 1.29 is 9.47 Å². The molecule has 1 aliphatic carbocycles. The van der Waals surface area contributed by atoms with Gasteiger partial charge >= 0.3 is 0 Å². The standard InChI is InChI=1S/C16H26N4O2/c1-2-5-16(6-3-1,20-7-10-21-11-8-20)15-17-14(18-19-15)13-4-9-22-12-13/h13H,1-12H2,(H,17,18,19)/t13-/m1/s1. The van der Waals surface area contributed by atoms with Gasteiger partial charge in [0, 0.05) is 25.6 Å². The van der Waals surface area contributed by atoms with Gasteiger partial charge in [-0.25, -0.2) is 4.98 Å². The van der Waals surface area contributed by atoms with E-state index in [-0.39, 0.29) is 5.54 Å². The first-order valence-corrected chi connectivity index (χ1v) is 8.72. The maximum atomic E-state index is 5.55. The molecule has 22 heavy (non-hydrogen) atoms. The third-order valence-electron chi connectivity index (χ3n) is 5.53. The molecule has 0 aromatic carbocycles. The second-order valence-corrected chi connectivity index (χ2v) is 6.80. The molecular formula is C16H26N4O2. The summed E-state index contributed by atoms with van der Waals surface area (Å²) in [5.74, 6) is 2.42. The highest BCUT2D eigenvalue weighted by Gasteiger charge is 2.43. The van der Waals surface area contributed by atoms with E-state index in [0.29, 0.717) is 5.92 Å². The number of H-pyrrole nitrogens is 1. The van der Waals surface area contributed by atoms with Gasteiger partial charge in [0.15, 0.2) is 5.82 Å². The van der Waals surface area contributed by atoms with E-state index in [9.17, 15) is 0 Å². The molecule has 1 atom stereocenters. The summed E-state index contributed by atoms with van der Waals surface area (Å²) in [6, 6.07) is 0. The third kappa shape index (κ3) is 2.57. The summed E-state index contributed by atoms with van der Waals surface area (Å²) < 4.78 is 11.0. The first-order chi connectivity index (χ1) is 10.9. The van der Waals surface area contributed by atoms with Crippen molar-refractivity contribution in [2.45, 2.75) is 50.0 Å². The van der Waals surface area contributed by atoms with Gasteiger partial charge < -0.3 is 9.47 Å². The van der Waals surface area contributed by atoms with E-state index in [2.05, 4.69) is 15.1 Å². The minimum absolute atomic E-state index is 0.0240. The largest absolute Gasteiger partial charge is 0.381 e. The van der Waals surface area contributed by atoms with Crippen molar-refractivity contribution in [2.75, 3.05) is 39.5 Å². The second kappa shape index (κ2) is 6.26. The van der Waals surface area contributed by atoms with Crippen LogP contribution < -0.4 is 0 Å². The van der Waals surface area contributed by atoms with Crippen LogP contribution >= 0.6 is 0 Å². The van der Waals surface area contributed by atoms with Crippen LogP contribution in [0.4, 0.5) is 0 Å². The summed E-state index contributed by atoms with van der Waals surface area (Å²) in [7, 11) is 0. The number of hydrogen-bond acceptors (Lipinski definition) is 5. The smallest absolute Gasteiger partial charge is 0.170 e. The molecule has 0 bridgehead atoms. The molecule has 0 unspecified atom stereocenters. The summed E-state index contributed by atoms with van der Waals surface area (Å²) in [5, 5.41) is 7.87. The van der Waals surface area contributed by atoms with Gasteiger partial charge in [-0.2, -0.15) is 5.10 Å². The van der Waals surface area contributed by atoms with Gasteiger partial charge in [0.2, 0.25) is 0 Å². The highest BCUT2D eigenvalue weighted by molar-refractivity contribution is 5.11. The van der Waals surface area contributed by atoms with Crippen LogP contribution in [0.5, 0.6) is 0 Å². The zero-order valence-electron chi connectivity index (χ0n) is 13.2. The summed E-state index contributed by atoms with van der Waals surface area (Å²) >= 11 is 0. The van der Waals surface area contributed by atoms with Crippen LogP contribution in [-0.4, -0.2) is 59.6 Å². The molecule has 3 aliphatic rings. The van der Waals surface area contributed by atoms with Gasteiger partial charge in [0.25, 0.3) is 0 Å². The number of hydrogen-bond donors (Lipinski definition) is 1. The number of nitrogens with one attached hydrogen (secondary N) is 1. The SMILES string of the molecule is C1CCC(c2n[nH]c([C@@H]3CCOC3)n2)(N2CCOCC2)CC1. The summed E-state index contributed by atoms with van der Waals surface area (Å²) in [6.45, 7) is 5.27. The summed E-state index contributed by atoms with van der Waals surface area (Å²) in [6.07, 6.45) is 7.28. The molecule has 6 heteroatoms. The van der Waals surface area contributed by atoms with E-state index >= 15 is 0 Å². The van der Waals surface area contributed by atoms with Crippen molar-refractivity contribution in [2.24, 2.45) is 0 Å². The Labute approximate surface area is 131 Å². The topological polar surface area (TPSA) is 63.3 Å². The number of ether oxygens (including phenoxy) is 2. The lowest BCUT2D eigenvalue weighted by Gasteiger charge is -2.46. The van der Waals surface area contributed by atoms with Crippen LogP contribution in [0.3, 0.4) is 0 Å². The molecule has 4 rings (SSSR count). The molecule has 1 aromatic rings. The number of nitrogens with zero attached hydrogens (tertiary/aromatic N) is 3. The molecule has 1 saturated carbocycles. The molecule has 2 aliphatic heterocycles. The molecule has 1 N–H and O–H groups in total. The fourth-order valence-corrected chi connectivity index (χ4v) is 4.22. The first-order valence-electron chi connectivity index (χ1n) is 8.72. The van der Waals surface area contributed by atoms with Crippen LogP contribution in [0, 0.1) is 0 Å². The third-order valence-corrected chi connectivity index (χ3v) is 5.53. The zero-order valence-corrected chi connectivity index (χ0v) is 13.2. The van der Waals surface area contributed by atoms with E-state index in [1.807, 2.05) is 0 Å². The predicted octanol–water partition coefficient (Wildman–Crippen LogP) is 1.80. The van der Waals surface area contributed by atoms with Crippen molar-refractivity contribution >= 4 is 0 Å². The second-order valence-electron chi connectivity index (χ2n) is 6.80. The lowest BCUT2D eigenvalue weighted by molar-refractivity contribution is -0.0441. The number of aromatic amines is 1. The average Bonchev–Trinajstić information content (AvgIpc) is 3.28. The summed E-state index contributed by atoms with van der Waals surface area (Å²) in [4.78, 5) is 7.51. The van der Waals surface area contributed by atoms with Gasteiger partial charge in [-0.3, -0.25) is 10.00 Å². The minimum Gasteiger partial charge on any atom is -0.381 e. The fourth-order valence-electron chi connectivity index (χ4n) is 4.22. The Morgan fingerprint density at radius 3 is 2.59 bits per heavy atom. The van der Waals surface area contributed by atoms with Crippen LogP contribution in [-0.2, 0) is 15.0 Å². The van der Waals surface area contributed by atoms with Crippen LogP contribution in [0.25, 0.3) is 0 Å². The highest BCUT2D eigenvalue weighted by Crippen LogP contribution is 2.41. The molecule has 3 heterocycles. The Morgan fingerprint density at radius 1 is 1.05 bits per heavy atom. The Hall–Kier alpha value is -0.980. The number of aromatic nitrogens is 3.